The normalized spacial score (nSPS) is 25.4. The van der Waals surface area contributed by atoms with Crippen molar-refractivity contribution in [3.8, 4) is 0 Å². The van der Waals surface area contributed by atoms with E-state index in [1.54, 1.807) is 0 Å². The first-order chi connectivity index (χ1) is 26.9. The number of benzene rings is 1. The van der Waals surface area contributed by atoms with Crippen molar-refractivity contribution in [1.82, 2.24) is 0 Å². The molecule has 3 rings (SSSR count). The van der Waals surface area contributed by atoms with E-state index in [4.69, 9.17) is 4.74 Å². The van der Waals surface area contributed by atoms with Gasteiger partial charge >= 0.3 is 54.5 Å². The molecule has 0 amide bonds. The van der Waals surface area contributed by atoms with Crippen molar-refractivity contribution in [3.05, 3.63) is 35.4 Å². The smallest absolute Gasteiger partial charge is 0.449 e. The van der Waals surface area contributed by atoms with Crippen LogP contribution in [0.3, 0.4) is 0 Å². The predicted molar refractivity (Wildman–Crippen MR) is 172 cm³/mol. The summed E-state index contributed by atoms with van der Waals surface area (Å²) in [5.41, 5.74) is -18.6. The number of esters is 1. The van der Waals surface area contributed by atoms with Gasteiger partial charge in [-0.25, -0.2) is 0 Å². The van der Waals surface area contributed by atoms with E-state index in [0.29, 0.717) is 0 Å². The Kier molecular flexibility index (Phi) is 13.5. The number of carbonyl (C=O) groups is 2. The zero-order chi connectivity index (χ0) is 47.9. The van der Waals surface area contributed by atoms with E-state index >= 15 is 13.2 Å². The number of alkyl halides is 17. The Balaban J connectivity index is 2.27. The van der Waals surface area contributed by atoms with Gasteiger partial charge in [0.15, 0.2) is 10.8 Å². The molecule has 2 saturated carbocycles. The summed E-state index contributed by atoms with van der Waals surface area (Å²) in [4.78, 5) is 26.1. The first-order valence-corrected chi connectivity index (χ1v) is 18.0. The van der Waals surface area contributed by atoms with E-state index in [1.165, 1.54) is 0 Å². The monoisotopic (exact) mass is 924 g/mol. The third-order valence-corrected chi connectivity index (χ3v) is 12.2. The number of aliphatic hydroxyl groups excluding tert-OH is 1. The van der Waals surface area contributed by atoms with E-state index in [0.717, 1.165) is 27.7 Å². The zero-order valence-electron chi connectivity index (χ0n) is 32.3. The first kappa shape index (κ1) is 52.2. The van der Waals surface area contributed by atoms with Crippen LogP contribution in [0.2, 0.25) is 0 Å². The van der Waals surface area contributed by atoms with Gasteiger partial charge in [0, 0.05) is 5.56 Å². The molecule has 0 spiro atoms. The average Bonchev–Trinajstić information content (AvgIpc) is 3.62. The quantitative estimate of drug-likeness (QED) is 0.0750. The molecule has 2 fully saturated rings. The van der Waals surface area contributed by atoms with Crippen molar-refractivity contribution in [2.24, 2.45) is 40.4 Å². The molecule has 1 aromatic carbocycles. The van der Waals surface area contributed by atoms with Gasteiger partial charge in [-0.15, -0.1) is 0 Å². The second kappa shape index (κ2) is 15.8. The lowest BCUT2D eigenvalue weighted by Gasteiger charge is -2.45. The lowest BCUT2D eigenvalue weighted by atomic mass is 9.62. The highest BCUT2D eigenvalue weighted by Gasteiger charge is 2.75. The Bertz CT molecular complexity index is 1730. The molecule has 61 heavy (non-hydrogen) atoms. The summed E-state index contributed by atoms with van der Waals surface area (Å²) in [6.07, 6.45) is -41.4. The Hall–Kier alpha value is -3.19. The number of rotatable bonds is 13. The van der Waals surface area contributed by atoms with Crippen LogP contribution in [0.1, 0.15) is 83.8 Å². The molecule has 2 aliphatic rings. The topological polar surface area (TPSA) is 145 Å². The molecule has 352 valence electrons. The fourth-order valence-electron chi connectivity index (χ4n) is 8.63. The maximum Gasteiger partial charge on any atom is 0.449 e. The van der Waals surface area contributed by atoms with Crippen LogP contribution in [0, 0.1) is 40.4 Å². The number of carboxylic acid groups (broad SMARTS) is 1. The second-order valence-electron chi connectivity index (χ2n) is 17.2. The van der Waals surface area contributed by atoms with E-state index in [9.17, 15) is 96.6 Å². The molecule has 0 saturated heterocycles. The number of fused-ring (bicyclic) bond motifs is 2. The SMILES string of the molecule is CC1C(CC(CC(CC(C)(C(=O)O)C(F)(F)F)c2ccc(C(O)(C(F)(F)F)C(F)(F)F)cc2)(C(=O)OC(C)(C)C)C(F)(F)F)C2CC1C(C(O)C(F)(F)C(O)(O)C(F)(F)F)C2. The van der Waals surface area contributed by atoms with Gasteiger partial charge in [0.1, 0.15) is 11.7 Å². The number of carbonyl (C=O) groups excluding carboxylic acids is 1. The molecule has 0 aromatic heterocycles. The van der Waals surface area contributed by atoms with Gasteiger partial charge in [-0.1, -0.05) is 31.2 Å². The number of halogens is 17. The summed E-state index contributed by atoms with van der Waals surface area (Å²) in [5.74, 6) is -26.6. The van der Waals surface area contributed by atoms with Crippen LogP contribution in [0.5, 0.6) is 0 Å². The fourth-order valence-corrected chi connectivity index (χ4v) is 8.63. The Morgan fingerprint density at radius 1 is 0.705 bits per heavy atom. The third-order valence-electron chi connectivity index (χ3n) is 12.2. The highest BCUT2D eigenvalue weighted by molar-refractivity contribution is 5.79. The molecule has 1 aromatic rings. The molecule has 0 heterocycles. The van der Waals surface area contributed by atoms with Crippen molar-refractivity contribution in [3.63, 3.8) is 0 Å². The van der Waals surface area contributed by atoms with Crippen LogP contribution in [0.4, 0.5) is 74.6 Å². The summed E-state index contributed by atoms with van der Waals surface area (Å²) in [6, 6.07) is 0.0479. The minimum atomic E-state index is -6.51. The summed E-state index contributed by atoms with van der Waals surface area (Å²) in [5, 5.41) is 48.5. The van der Waals surface area contributed by atoms with Gasteiger partial charge in [-0.3, -0.25) is 9.59 Å². The molecule has 25 heteroatoms. The first-order valence-electron chi connectivity index (χ1n) is 18.0. The number of ether oxygens (including phenoxy) is 1. The predicted octanol–water partition coefficient (Wildman–Crippen LogP) is 8.94. The highest BCUT2D eigenvalue weighted by Crippen LogP contribution is 2.64. The van der Waals surface area contributed by atoms with Gasteiger partial charge in [0.2, 0.25) is 0 Å². The molecule has 0 aliphatic heterocycles. The third kappa shape index (κ3) is 9.12. The zero-order valence-corrected chi connectivity index (χ0v) is 32.3. The van der Waals surface area contributed by atoms with Crippen LogP contribution in [0.15, 0.2) is 24.3 Å². The van der Waals surface area contributed by atoms with E-state index in [2.05, 4.69) is 0 Å². The van der Waals surface area contributed by atoms with Gasteiger partial charge in [0.05, 0.1) is 0 Å². The molecule has 9 atom stereocenters. The molecule has 0 radical (unpaired) electrons. The van der Waals surface area contributed by atoms with Crippen molar-refractivity contribution in [2.75, 3.05) is 0 Å². The second-order valence-corrected chi connectivity index (χ2v) is 17.2. The van der Waals surface area contributed by atoms with Gasteiger partial charge in [-0.2, -0.15) is 74.6 Å². The van der Waals surface area contributed by atoms with E-state index in [-0.39, 0.29) is 31.2 Å². The molecule has 2 bridgehead atoms. The molecule has 2 aliphatic carbocycles. The van der Waals surface area contributed by atoms with Gasteiger partial charge in [-0.05, 0) is 101 Å². The molecule has 5 N–H and O–H groups in total. The molecular formula is C36H41F17O8. The minimum Gasteiger partial charge on any atom is -0.481 e. The van der Waals surface area contributed by atoms with Crippen LogP contribution < -0.4 is 0 Å². The number of hydrogen-bond acceptors (Lipinski definition) is 7. The van der Waals surface area contributed by atoms with Crippen molar-refractivity contribution in [2.45, 2.75) is 133 Å². The van der Waals surface area contributed by atoms with Crippen LogP contribution in [-0.2, 0) is 19.9 Å². The Morgan fingerprint density at radius 2 is 1.18 bits per heavy atom. The van der Waals surface area contributed by atoms with Crippen LogP contribution in [-0.4, -0.2) is 91.8 Å². The Morgan fingerprint density at radius 3 is 1.54 bits per heavy atom. The average molecular weight is 925 g/mol. The van der Waals surface area contributed by atoms with Gasteiger partial charge in [0.25, 0.3) is 5.60 Å². The van der Waals surface area contributed by atoms with Crippen LogP contribution in [0.25, 0.3) is 0 Å². The lowest BCUT2D eigenvalue weighted by Crippen LogP contribution is -2.65. The lowest BCUT2D eigenvalue weighted by molar-refractivity contribution is -0.432. The molecule has 8 nitrogen and oxygen atoms in total. The summed E-state index contributed by atoms with van der Waals surface area (Å²) >= 11 is 0. The van der Waals surface area contributed by atoms with Crippen molar-refractivity contribution < 1.29 is 114 Å². The summed E-state index contributed by atoms with van der Waals surface area (Å²) in [7, 11) is 0. The minimum absolute atomic E-state index is 0.00301. The van der Waals surface area contributed by atoms with Crippen molar-refractivity contribution >= 4 is 11.9 Å². The maximum absolute atomic E-state index is 15.8. The van der Waals surface area contributed by atoms with E-state index < -0.39 is 161 Å². The largest absolute Gasteiger partial charge is 0.481 e. The number of hydrogen-bond donors (Lipinski definition) is 5. The Labute approximate surface area is 335 Å². The number of carboxylic acids is 1. The van der Waals surface area contributed by atoms with Crippen LogP contribution >= 0.6 is 0 Å². The highest BCUT2D eigenvalue weighted by atomic mass is 19.4. The summed E-state index contributed by atoms with van der Waals surface area (Å²) < 4.78 is 247. The molecule has 9 unspecified atom stereocenters. The van der Waals surface area contributed by atoms with Gasteiger partial charge < -0.3 is 30.3 Å². The maximum atomic E-state index is 15.8. The fraction of sp³-hybridized carbons (Fsp3) is 0.778. The van der Waals surface area contributed by atoms with Crippen molar-refractivity contribution in [1.29, 1.82) is 0 Å². The number of aliphatic hydroxyl groups is 4. The van der Waals surface area contributed by atoms with E-state index in [1.807, 2.05) is 0 Å². The number of aliphatic carboxylic acids is 1. The molecular weight excluding hydrogens is 883 g/mol. The summed E-state index contributed by atoms with van der Waals surface area (Å²) in [6.45, 7) is 4.21. The standard InChI is InChI=1S/C36H41F17O8/c1-15-20-10-17(11-21(20)23(54)30(37,38)31(59,60)36(51,52)53)22(15)14-28(33(42,43)44,25(57)61-26(2,3)4)13-18(12-27(5,24(55)56)32(39,40)41)16-6-8-19(9-7-16)29(58,34(45,46)47)35(48,49)50/h6-9,15,17-18,20-23,54,58-60H,10-14H2,1-5H3,(H,55,56).